The second kappa shape index (κ2) is 25.2. The van der Waals surface area contributed by atoms with E-state index in [0.717, 1.165) is 5.57 Å². The van der Waals surface area contributed by atoms with Crippen molar-refractivity contribution in [3.63, 3.8) is 0 Å². The van der Waals surface area contributed by atoms with Crippen molar-refractivity contribution in [2.75, 3.05) is 35.0 Å². The summed E-state index contributed by atoms with van der Waals surface area (Å²) in [4.78, 5) is 62.5. The number of phosphoric ester groups is 1. The number of cyclic esters (lactones) is 1. The van der Waals surface area contributed by atoms with Crippen LogP contribution in [0.2, 0.25) is 0 Å². The summed E-state index contributed by atoms with van der Waals surface area (Å²) in [6, 6.07) is 2.34. The number of allylic oxidation sites excluding steroid dienone is 3. The van der Waals surface area contributed by atoms with E-state index < -0.39 is 97.8 Å². The number of piperidine rings is 1. The number of fused-ring (bicyclic) bond motifs is 3. The van der Waals surface area contributed by atoms with E-state index in [1.54, 1.807) is 45.3 Å². The van der Waals surface area contributed by atoms with Gasteiger partial charge in [-0.1, -0.05) is 51.5 Å². The largest absolute Gasteiger partial charge is 0.475 e. The zero-order valence-corrected chi connectivity index (χ0v) is 42.6. The van der Waals surface area contributed by atoms with Crippen LogP contribution in [0.4, 0.5) is 0 Å². The highest BCUT2D eigenvalue weighted by atomic mass is 31.2. The van der Waals surface area contributed by atoms with Gasteiger partial charge in [0.15, 0.2) is 0 Å². The van der Waals surface area contributed by atoms with Crippen LogP contribution in [0.15, 0.2) is 47.8 Å². The third-order valence-electron chi connectivity index (χ3n) is 14.5. The minimum atomic E-state index is -4.00. The maximum Gasteiger partial charge on any atom is 0.475 e. The highest BCUT2D eigenvalue weighted by Gasteiger charge is 2.56. The Morgan fingerprint density at radius 3 is 2.31 bits per heavy atom. The highest BCUT2D eigenvalue weighted by Crippen LogP contribution is 2.52. The zero-order valence-electron chi connectivity index (χ0n) is 41.7. The van der Waals surface area contributed by atoms with E-state index in [-0.39, 0.29) is 50.0 Å². The van der Waals surface area contributed by atoms with Crippen molar-refractivity contribution < 1.29 is 71.2 Å². The first-order valence-electron chi connectivity index (χ1n) is 24.3. The predicted molar refractivity (Wildman–Crippen MR) is 251 cm³/mol. The number of ketones is 2. The molecule has 5 rings (SSSR count). The highest BCUT2D eigenvalue weighted by molar-refractivity contribution is 7.48. The Bertz CT molecular complexity index is 1970. The van der Waals surface area contributed by atoms with Crippen molar-refractivity contribution in [3.05, 3.63) is 53.4 Å². The number of phosphoric acid groups is 1. The molecule has 1 aromatic heterocycles. The number of esters is 1. The molecule has 1 amide bonds. The van der Waals surface area contributed by atoms with Crippen LogP contribution >= 0.6 is 7.82 Å². The van der Waals surface area contributed by atoms with Gasteiger partial charge in [-0.15, -0.1) is 0 Å². The minimum absolute atomic E-state index is 0.00734. The summed E-state index contributed by atoms with van der Waals surface area (Å²) in [5.74, 6) is -7.98. The lowest BCUT2D eigenvalue weighted by molar-refractivity contribution is -0.302. The molecule has 1 aromatic rings. The normalized spacial score (nSPS) is 37.2. The maximum absolute atomic E-state index is 14.5. The molecule has 0 spiro atoms. The Kier molecular flexibility index (Phi) is 20.7. The summed E-state index contributed by atoms with van der Waals surface area (Å²) < 4.78 is 60.7. The van der Waals surface area contributed by atoms with Crippen LogP contribution in [0, 0.1) is 29.6 Å². The number of amides is 1. The smallest absolute Gasteiger partial charge is 0.456 e. The zero-order chi connectivity index (χ0) is 49.9. The number of Topliss-reactive ketones (excluding diaryl/α,β-unsaturated/α-hetero) is 2. The Morgan fingerprint density at radius 2 is 1.66 bits per heavy atom. The van der Waals surface area contributed by atoms with Crippen molar-refractivity contribution in [2.24, 2.45) is 29.6 Å². The first kappa shape index (κ1) is 55.7. The summed E-state index contributed by atoms with van der Waals surface area (Å²) in [6.45, 7) is 11.1. The van der Waals surface area contributed by atoms with Crippen LogP contribution < -0.4 is 0 Å². The number of methoxy groups -OCH3 is 3. The second-order valence-electron chi connectivity index (χ2n) is 19.5. The molecule has 0 radical (unpaired) electrons. The number of nitrogens with zero attached hydrogens (tertiary/aromatic N) is 2. The van der Waals surface area contributed by atoms with Crippen LogP contribution in [0.3, 0.4) is 0 Å². The number of carbonyl (C=O) groups is 4. The van der Waals surface area contributed by atoms with Crippen molar-refractivity contribution in [1.29, 1.82) is 0 Å². The summed E-state index contributed by atoms with van der Waals surface area (Å²) >= 11 is 0. The molecule has 2 unspecified atom stereocenters. The molecule has 382 valence electrons. The molecule has 2 N–H and O–H groups in total. The van der Waals surface area contributed by atoms with Gasteiger partial charge in [0, 0.05) is 71.6 Å². The van der Waals surface area contributed by atoms with Gasteiger partial charge in [-0.2, -0.15) is 0 Å². The Hall–Kier alpha value is -3.22. The van der Waals surface area contributed by atoms with Gasteiger partial charge in [-0.3, -0.25) is 32.9 Å². The van der Waals surface area contributed by atoms with Gasteiger partial charge in [0.1, 0.15) is 24.0 Å². The number of aliphatic hydroxyl groups is 2. The number of rotatable bonds is 12. The molecule has 17 nitrogen and oxygen atoms in total. The lowest BCUT2D eigenvalue weighted by Gasteiger charge is -2.47. The SMILES string of the molecule is CC[C@@H]1/C=C(\C)C[C@H](C)C[C@H](OC)[C@H]2O[C@@](O)(C(=O)C(=O)N3CCCC[C@H]3C(=O)O[C@H](/C(C)=C/[C@@H]3CC[C@@H](OP(=O)(OC)OCc4cccnc4)[C@H](OC)C3)[C@H](C)C(O)CC1=O)[C@H](C)C[C@@H]2OC. The van der Waals surface area contributed by atoms with E-state index in [9.17, 15) is 34.0 Å². The quantitative estimate of drug-likeness (QED) is 0.0946. The molecular formula is C50H77N2O15P. The van der Waals surface area contributed by atoms with Gasteiger partial charge >= 0.3 is 13.8 Å². The van der Waals surface area contributed by atoms with Crippen molar-refractivity contribution in [3.8, 4) is 0 Å². The monoisotopic (exact) mass is 977 g/mol. The Balaban J connectivity index is 1.45. The Labute approximate surface area is 402 Å². The van der Waals surface area contributed by atoms with Crippen LogP contribution in [0.25, 0.3) is 0 Å². The minimum Gasteiger partial charge on any atom is -0.456 e. The number of hydrogen-bond acceptors (Lipinski definition) is 16. The number of aliphatic hydroxyl groups excluding tert-OH is 1. The van der Waals surface area contributed by atoms with Gasteiger partial charge in [0.25, 0.3) is 11.7 Å². The van der Waals surface area contributed by atoms with Gasteiger partial charge in [-0.05, 0) is 107 Å². The van der Waals surface area contributed by atoms with Crippen molar-refractivity contribution in [2.45, 2.75) is 173 Å². The van der Waals surface area contributed by atoms with E-state index in [0.29, 0.717) is 62.5 Å². The molecule has 15 atom stereocenters. The number of hydrogen-bond donors (Lipinski definition) is 2. The molecule has 1 saturated carbocycles. The number of pyridine rings is 1. The molecule has 2 saturated heterocycles. The molecule has 4 heterocycles. The molecule has 68 heavy (non-hydrogen) atoms. The molecular weight excluding hydrogens is 900 g/mol. The van der Waals surface area contributed by atoms with Gasteiger partial charge < -0.3 is 38.8 Å². The van der Waals surface area contributed by atoms with Gasteiger partial charge in [0.05, 0.1) is 37.1 Å². The van der Waals surface area contributed by atoms with E-state index in [4.69, 9.17) is 37.3 Å². The van der Waals surface area contributed by atoms with E-state index in [1.807, 2.05) is 32.9 Å². The topological polar surface area (TPSA) is 216 Å². The molecule has 4 aliphatic rings. The van der Waals surface area contributed by atoms with Crippen LogP contribution in [0.1, 0.15) is 118 Å². The lowest BCUT2D eigenvalue weighted by atomic mass is 9.81. The molecule has 3 fully saturated rings. The Morgan fingerprint density at radius 1 is 0.956 bits per heavy atom. The average molecular weight is 977 g/mol. The van der Waals surface area contributed by atoms with Gasteiger partial charge in [-0.25, -0.2) is 9.36 Å². The third kappa shape index (κ3) is 13.8. The fourth-order valence-electron chi connectivity index (χ4n) is 10.4. The van der Waals surface area contributed by atoms with Crippen LogP contribution in [0.5, 0.6) is 0 Å². The van der Waals surface area contributed by atoms with Crippen LogP contribution in [-0.2, 0) is 67.6 Å². The summed E-state index contributed by atoms with van der Waals surface area (Å²) in [5, 5.41) is 24.0. The first-order chi connectivity index (χ1) is 32.3. The molecule has 2 bridgehead atoms. The summed E-state index contributed by atoms with van der Waals surface area (Å²) in [5.41, 5.74) is 2.26. The van der Waals surface area contributed by atoms with Crippen LogP contribution in [-0.4, -0.2) is 133 Å². The molecule has 1 aliphatic carbocycles. The molecule has 3 aliphatic heterocycles. The van der Waals surface area contributed by atoms with Crippen molar-refractivity contribution in [1.82, 2.24) is 9.88 Å². The predicted octanol–water partition coefficient (Wildman–Crippen LogP) is 6.86. The summed E-state index contributed by atoms with van der Waals surface area (Å²) in [7, 11) is 1.84. The van der Waals surface area contributed by atoms with E-state index in [1.165, 1.54) is 33.3 Å². The number of ether oxygens (including phenoxy) is 5. The molecule has 0 aromatic carbocycles. The second-order valence-corrected chi connectivity index (χ2v) is 21.2. The van der Waals surface area contributed by atoms with E-state index in [2.05, 4.69) is 4.98 Å². The first-order valence-corrected chi connectivity index (χ1v) is 25.8. The fraction of sp³-hybridized carbons (Fsp3) is 0.740. The number of aromatic nitrogens is 1. The molecule has 18 heteroatoms. The lowest BCUT2D eigenvalue weighted by Crippen LogP contribution is -2.64. The van der Waals surface area contributed by atoms with Crippen molar-refractivity contribution >= 4 is 31.3 Å². The third-order valence-corrected chi connectivity index (χ3v) is 15.9. The number of carbonyl (C=O) groups excluding carboxylic acids is 4. The van der Waals surface area contributed by atoms with Gasteiger partial charge in [0.2, 0.25) is 5.79 Å². The summed E-state index contributed by atoms with van der Waals surface area (Å²) in [6.07, 6.45) is 5.79. The standard InChI is InChI=1S/C50H77N2O15P/c1-11-37-22-30(2)21-31(3)23-43(61-8)46-44(62-9)25-33(5)50(58,66-46)47(55)48(56)52-20-13-12-16-38(52)49(57)65-45(34(6)39(53)27-40(37)54)32(4)24-35-17-18-41(42(26-35)60-7)67-68(59,63-10)64-29-36-15-14-19-51-28-36/h14-15,19,22,24,28,31,33-35,37-39,41-46,53,58H,11-13,16-18,20-21,23,25-27,29H2,1-10H3/b30-22+,32-24+/t31-,33+,34+,35-,37+,38-,39?,41+,42+,43-,44-,45+,46+,50+,68?/m0/s1. The average Bonchev–Trinajstić information content (AvgIpc) is 3.33. The van der Waals surface area contributed by atoms with E-state index >= 15 is 0 Å². The maximum atomic E-state index is 14.5. The fourth-order valence-corrected chi connectivity index (χ4v) is 11.6.